The molecule has 1 aromatic carbocycles. The maximum Gasteiger partial charge on any atom is 0.573 e. The number of aromatic nitrogens is 2. The van der Waals surface area contributed by atoms with E-state index in [1.165, 1.54) is 26.4 Å². The van der Waals surface area contributed by atoms with Crippen molar-refractivity contribution in [3.05, 3.63) is 35.9 Å². The predicted molar refractivity (Wildman–Crippen MR) is 120 cm³/mol. The van der Waals surface area contributed by atoms with Crippen LogP contribution in [0.4, 0.5) is 24.8 Å². The van der Waals surface area contributed by atoms with Crippen LogP contribution < -0.4 is 19.7 Å². The average molecular weight is 483 g/mol. The zero-order valence-electron chi connectivity index (χ0n) is 19.6. The van der Waals surface area contributed by atoms with E-state index in [4.69, 9.17) is 9.47 Å². The topological polar surface area (TPSA) is 85.8 Å². The third-order valence-electron chi connectivity index (χ3n) is 5.80. The van der Waals surface area contributed by atoms with Crippen molar-refractivity contribution in [1.82, 2.24) is 9.97 Å². The van der Waals surface area contributed by atoms with Crippen LogP contribution in [0.5, 0.6) is 11.8 Å². The van der Waals surface area contributed by atoms with Gasteiger partial charge in [0.1, 0.15) is 17.4 Å². The van der Waals surface area contributed by atoms with Crippen molar-refractivity contribution in [3.63, 3.8) is 0 Å². The van der Waals surface area contributed by atoms with Crippen LogP contribution in [0.2, 0.25) is 0 Å². The highest BCUT2D eigenvalue weighted by atomic mass is 19.4. The van der Waals surface area contributed by atoms with Gasteiger partial charge in [-0.05, 0) is 36.0 Å². The average Bonchev–Trinajstić information content (AvgIpc) is 3.24. The van der Waals surface area contributed by atoms with Crippen molar-refractivity contribution < 1.29 is 32.2 Å². The summed E-state index contributed by atoms with van der Waals surface area (Å²) in [6.07, 6.45) is -4.16. The van der Waals surface area contributed by atoms with Gasteiger partial charge in [-0.25, -0.2) is 0 Å². The highest BCUT2D eigenvalue weighted by Gasteiger charge is 2.40. The first-order valence-corrected chi connectivity index (χ1v) is 10.9. The number of carbonyl (C=O) groups excluding carboxylic acids is 1. The molecule has 2 atom stereocenters. The Balaban J connectivity index is 1.66. The Labute approximate surface area is 196 Å². The lowest BCUT2D eigenvalue weighted by molar-refractivity contribution is -0.274. The normalized spacial score (nSPS) is 18.2. The van der Waals surface area contributed by atoms with Crippen molar-refractivity contribution >= 4 is 17.6 Å². The molecule has 0 aliphatic carbocycles. The van der Waals surface area contributed by atoms with Gasteiger partial charge in [-0.15, -0.1) is 13.2 Å². The molecule has 0 unspecified atom stereocenters. The number of nitrogens with zero attached hydrogens (tertiary/aromatic N) is 3. The maximum atomic E-state index is 12.3. The smallest absolute Gasteiger partial charge is 0.469 e. The molecule has 1 N–H and O–H groups in total. The summed E-state index contributed by atoms with van der Waals surface area (Å²) < 4.78 is 51.0. The van der Waals surface area contributed by atoms with Crippen molar-refractivity contribution in [2.24, 2.45) is 17.8 Å². The minimum absolute atomic E-state index is 0.133. The molecular formula is C23H29F3N4O4. The Hall–Kier alpha value is -3.24. The van der Waals surface area contributed by atoms with Crippen LogP contribution in [-0.2, 0) is 16.0 Å². The van der Waals surface area contributed by atoms with Crippen molar-refractivity contribution in [1.29, 1.82) is 0 Å². The first-order chi connectivity index (χ1) is 16.1. The Morgan fingerprint density at radius 3 is 2.47 bits per heavy atom. The molecule has 3 rings (SSSR count). The second-order valence-electron chi connectivity index (χ2n) is 8.41. The Bertz CT molecular complexity index is 970. The van der Waals surface area contributed by atoms with Crippen LogP contribution in [0.15, 0.2) is 30.3 Å². The molecular weight excluding hydrogens is 453 g/mol. The number of alkyl halides is 3. The number of halogens is 3. The molecule has 0 saturated carbocycles. The molecule has 0 bridgehead atoms. The fraction of sp³-hybridized carbons (Fsp3) is 0.522. The van der Waals surface area contributed by atoms with E-state index in [9.17, 15) is 18.0 Å². The molecule has 2 heterocycles. The van der Waals surface area contributed by atoms with Gasteiger partial charge < -0.3 is 24.4 Å². The standard InChI is InChI=1S/C23H29F3N4O4/c1-14(2)17-12-30(13-18(17)21(31)32-3)20-11-19(28-22(29-20)33-4)27-10-9-15-5-7-16(8-6-15)34-23(24,25)26/h5-8,11,14,17-18H,9-10,12-13H2,1-4H3,(H,27,28,29)/t17-,18+/m0/s1. The summed E-state index contributed by atoms with van der Waals surface area (Å²) in [7, 11) is 2.88. The Kier molecular flexibility index (Phi) is 8.06. The Morgan fingerprint density at radius 2 is 1.88 bits per heavy atom. The van der Waals surface area contributed by atoms with Crippen LogP contribution in [0.25, 0.3) is 0 Å². The van der Waals surface area contributed by atoms with Gasteiger partial charge in [-0.3, -0.25) is 4.79 Å². The van der Waals surface area contributed by atoms with Crippen molar-refractivity contribution in [2.75, 3.05) is 44.1 Å². The fourth-order valence-corrected chi connectivity index (χ4v) is 4.04. The molecule has 1 aliphatic rings. The summed E-state index contributed by atoms with van der Waals surface area (Å²) in [5, 5.41) is 3.20. The SMILES string of the molecule is COC(=O)[C@@H]1CN(c2cc(NCCc3ccc(OC(F)(F)F)cc3)nc(OC)n2)C[C@H]1C(C)C. The summed E-state index contributed by atoms with van der Waals surface area (Å²) in [6.45, 7) is 5.79. The number of carbonyl (C=O) groups is 1. The van der Waals surface area contributed by atoms with E-state index >= 15 is 0 Å². The number of anilines is 2. The molecule has 1 saturated heterocycles. The van der Waals surface area contributed by atoms with Gasteiger partial charge in [0.2, 0.25) is 0 Å². The third-order valence-corrected chi connectivity index (χ3v) is 5.80. The zero-order chi connectivity index (χ0) is 24.9. The van der Waals surface area contributed by atoms with E-state index in [1.807, 2.05) is 4.90 Å². The molecule has 11 heteroatoms. The minimum Gasteiger partial charge on any atom is -0.469 e. The number of ether oxygens (including phenoxy) is 3. The number of hydrogen-bond acceptors (Lipinski definition) is 8. The lowest BCUT2D eigenvalue weighted by Gasteiger charge is -2.20. The monoisotopic (exact) mass is 482 g/mol. The van der Waals surface area contributed by atoms with Crippen molar-refractivity contribution in [3.8, 4) is 11.8 Å². The number of esters is 1. The van der Waals surface area contributed by atoms with Gasteiger partial charge in [0, 0.05) is 25.7 Å². The highest BCUT2D eigenvalue weighted by Crippen LogP contribution is 2.34. The summed E-state index contributed by atoms with van der Waals surface area (Å²) in [5.41, 5.74) is 0.837. The summed E-state index contributed by atoms with van der Waals surface area (Å²) in [6, 6.07) is 7.71. The maximum absolute atomic E-state index is 12.3. The van der Waals surface area contributed by atoms with E-state index in [2.05, 4.69) is 33.9 Å². The predicted octanol–water partition coefficient (Wildman–Crippen LogP) is 3.92. The lowest BCUT2D eigenvalue weighted by Crippen LogP contribution is -2.27. The van der Waals surface area contributed by atoms with Gasteiger partial charge in [-0.2, -0.15) is 9.97 Å². The second kappa shape index (κ2) is 10.8. The first-order valence-electron chi connectivity index (χ1n) is 10.9. The van der Waals surface area contributed by atoms with E-state index in [1.54, 1.807) is 18.2 Å². The number of benzene rings is 1. The second-order valence-corrected chi connectivity index (χ2v) is 8.41. The van der Waals surface area contributed by atoms with Gasteiger partial charge in [0.05, 0.1) is 20.1 Å². The highest BCUT2D eigenvalue weighted by molar-refractivity contribution is 5.74. The number of methoxy groups -OCH3 is 2. The number of nitrogens with one attached hydrogen (secondary N) is 1. The van der Waals surface area contributed by atoms with Gasteiger partial charge in [-0.1, -0.05) is 26.0 Å². The molecule has 34 heavy (non-hydrogen) atoms. The van der Waals surface area contributed by atoms with Crippen molar-refractivity contribution in [2.45, 2.75) is 26.6 Å². The summed E-state index contributed by atoms with van der Waals surface area (Å²) in [5.74, 6) is 0.878. The molecule has 2 aromatic rings. The molecule has 186 valence electrons. The van der Waals surface area contributed by atoms with E-state index in [-0.39, 0.29) is 29.6 Å². The largest absolute Gasteiger partial charge is 0.573 e. The van der Waals surface area contributed by atoms with Crippen LogP contribution >= 0.6 is 0 Å². The van der Waals surface area contributed by atoms with Crippen LogP contribution in [0.1, 0.15) is 19.4 Å². The quantitative estimate of drug-likeness (QED) is 0.539. The minimum atomic E-state index is -4.71. The fourth-order valence-electron chi connectivity index (χ4n) is 4.04. The van der Waals surface area contributed by atoms with E-state index in [0.29, 0.717) is 43.6 Å². The van der Waals surface area contributed by atoms with E-state index in [0.717, 1.165) is 5.56 Å². The molecule has 1 fully saturated rings. The van der Waals surface area contributed by atoms with Gasteiger partial charge >= 0.3 is 18.3 Å². The lowest BCUT2D eigenvalue weighted by atomic mass is 9.86. The number of rotatable bonds is 9. The third kappa shape index (κ3) is 6.64. The van der Waals surface area contributed by atoms with Gasteiger partial charge in [0.25, 0.3) is 0 Å². The molecule has 0 amide bonds. The molecule has 1 aliphatic heterocycles. The molecule has 0 radical (unpaired) electrons. The number of hydrogen-bond donors (Lipinski definition) is 1. The molecule has 1 aromatic heterocycles. The molecule has 8 nitrogen and oxygen atoms in total. The summed E-state index contributed by atoms with van der Waals surface area (Å²) >= 11 is 0. The van der Waals surface area contributed by atoms with Crippen LogP contribution in [0, 0.1) is 17.8 Å². The van der Waals surface area contributed by atoms with E-state index < -0.39 is 6.36 Å². The van der Waals surface area contributed by atoms with Crippen LogP contribution in [0.3, 0.4) is 0 Å². The zero-order valence-corrected chi connectivity index (χ0v) is 19.6. The Morgan fingerprint density at radius 1 is 1.18 bits per heavy atom. The summed E-state index contributed by atoms with van der Waals surface area (Å²) in [4.78, 5) is 23.1. The first kappa shape index (κ1) is 25.4. The van der Waals surface area contributed by atoms with Gasteiger partial charge in [0.15, 0.2) is 0 Å². The van der Waals surface area contributed by atoms with Crippen LogP contribution in [-0.4, -0.2) is 56.2 Å². The molecule has 0 spiro atoms.